The summed E-state index contributed by atoms with van der Waals surface area (Å²) in [6, 6.07) is 12.9. The van der Waals surface area contributed by atoms with Crippen LogP contribution in [-0.4, -0.2) is 17.3 Å². The van der Waals surface area contributed by atoms with Gasteiger partial charge in [0.2, 0.25) is 0 Å². The fourth-order valence-electron chi connectivity index (χ4n) is 1.78. The fourth-order valence-corrected chi connectivity index (χ4v) is 1.94. The van der Waals surface area contributed by atoms with Gasteiger partial charge in [-0.15, -0.1) is 0 Å². The summed E-state index contributed by atoms with van der Waals surface area (Å²) >= 11 is 5.79. The smallest absolute Gasteiger partial charge is 0.311 e. The molecule has 0 saturated heterocycles. The molecule has 108 valence electrons. The number of carbonyl (C=O) groups excluding carboxylic acids is 1. The highest BCUT2D eigenvalue weighted by Gasteiger charge is 2.16. The van der Waals surface area contributed by atoms with Gasteiger partial charge in [-0.05, 0) is 6.07 Å². The van der Waals surface area contributed by atoms with Crippen LogP contribution < -0.4 is 4.74 Å². The molecule has 0 unspecified atom stereocenters. The van der Waals surface area contributed by atoms with Gasteiger partial charge in [0.15, 0.2) is 11.5 Å². The zero-order chi connectivity index (χ0) is 15.2. The molecule has 5 nitrogen and oxygen atoms in total. The molecule has 0 aromatic heterocycles. The fraction of sp³-hybridized carbons (Fsp3) is 0.133. The molecule has 2 rings (SSSR count). The molecular formula is C15H12ClNO4. The number of nitro groups is 1. The van der Waals surface area contributed by atoms with Crippen LogP contribution >= 0.6 is 11.6 Å². The Morgan fingerprint density at radius 3 is 2.57 bits per heavy atom. The second-order valence-corrected chi connectivity index (χ2v) is 4.69. The number of rotatable bonds is 6. The molecule has 0 saturated carbocycles. The maximum atomic E-state index is 11.9. The summed E-state index contributed by atoms with van der Waals surface area (Å²) in [5, 5.41) is 11.2. The minimum atomic E-state index is -0.551. The molecule has 21 heavy (non-hydrogen) atoms. The van der Waals surface area contributed by atoms with Crippen molar-refractivity contribution < 1.29 is 14.5 Å². The van der Waals surface area contributed by atoms with E-state index in [4.69, 9.17) is 16.3 Å². The second kappa shape index (κ2) is 6.85. The highest BCUT2D eigenvalue weighted by Crippen LogP contribution is 2.30. The maximum absolute atomic E-state index is 11.9. The van der Waals surface area contributed by atoms with E-state index in [9.17, 15) is 14.9 Å². The molecule has 0 radical (unpaired) electrons. The van der Waals surface area contributed by atoms with Crippen molar-refractivity contribution in [2.75, 3.05) is 6.61 Å². The molecule has 0 bridgehead atoms. The Morgan fingerprint density at radius 1 is 1.19 bits per heavy atom. The summed E-state index contributed by atoms with van der Waals surface area (Å²) < 4.78 is 5.32. The van der Waals surface area contributed by atoms with Crippen LogP contribution in [0.4, 0.5) is 5.69 Å². The van der Waals surface area contributed by atoms with Gasteiger partial charge >= 0.3 is 5.69 Å². The van der Waals surface area contributed by atoms with Gasteiger partial charge in [-0.25, -0.2) is 0 Å². The molecule has 2 aromatic rings. The van der Waals surface area contributed by atoms with Gasteiger partial charge in [0.25, 0.3) is 0 Å². The topological polar surface area (TPSA) is 69.4 Å². The van der Waals surface area contributed by atoms with Gasteiger partial charge in [-0.3, -0.25) is 14.9 Å². The average Bonchev–Trinajstić information content (AvgIpc) is 2.48. The molecule has 0 N–H and O–H groups in total. The Bertz CT molecular complexity index is 658. The van der Waals surface area contributed by atoms with Crippen LogP contribution in [0.2, 0.25) is 5.02 Å². The summed E-state index contributed by atoms with van der Waals surface area (Å²) in [6.07, 6.45) is 0.133. The lowest BCUT2D eigenvalue weighted by atomic mass is 10.1. The van der Waals surface area contributed by atoms with Crippen LogP contribution in [0.15, 0.2) is 48.5 Å². The number of hydrogen-bond acceptors (Lipinski definition) is 4. The van der Waals surface area contributed by atoms with E-state index in [1.807, 2.05) is 6.07 Å². The van der Waals surface area contributed by atoms with Crippen LogP contribution in [0.25, 0.3) is 0 Å². The van der Waals surface area contributed by atoms with Crippen LogP contribution in [0.1, 0.15) is 16.8 Å². The van der Waals surface area contributed by atoms with E-state index < -0.39 is 4.92 Å². The third-order valence-electron chi connectivity index (χ3n) is 2.80. The molecule has 6 heteroatoms. The lowest BCUT2D eigenvalue weighted by molar-refractivity contribution is -0.385. The third-order valence-corrected chi connectivity index (χ3v) is 3.04. The van der Waals surface area contributed by atoms with Crippen molar-refractivity contribution in [2.45, 2.75) is 6.42 Å². The molecule has 2 aromatic carbocycles. The summed E-state index contributed by atoms with van der Waals surface area (Å²) in [4.78, 5) is 22.2. The average molecular weight is 306 g/mol. The normalized spacial score (nSPS) is 10.1. The maximum Gasteiger partial charge on any atom is 0.311 e. The molecule has 0 heterocycles. The highest BCUT2D eigenvalue weighted by atomic mass is 35.5. The van der Waals surface area contributed by atoms with Crippen molar-refractivity contribution in [3.05, 3.63) is 69.2 Å². The second-order valence-electron chi connectivity index (χ2n) is 4.26. The number of Topliss-reactive ketones (excluding diaryl/α,β-unsaturated/α-hetero) is 1. The van der Waals surface area contributed by atoms with E-state index in [-0.39, 0.29) is 30.2 Å². The third kappa shape index (κ3) is 4.03. The quantitative estimate of drug-likeness (QED) is 0.461. The molecule has 0 aliphatic carbocycles. The van der Waals surface area contributed by atoms with Crippen LogP contribution in [0.3, 0.4) is 0 Å². The summed E-state index contributed by atoms with van der Waals surface area (Å²) in [6.45, 7) is 0.0505. The Morgan fingerprint density at radius 2 is 1.90 bits per heavy atom. The lowest BCUT2D eigenvalue weighted by Gasteiger charge is -2.07. The van der Waals surface area contributed by atoms with Crippen molar-refractivity contribution in [3.8, 4) is 5.75 Å². The molecule has 0 atom stereocenters. The van der Waals surface area contributed by atoms with Crippen molar-refractivity contribution in [2.24, 2.45) is 0 Å². The number of halogens is 1. The minimum Gasteiger partial charge on any atom is -0.486 e. The van der Waals surface area contributed by atoms with E-state index in [1.165, 1.54) is 18.2 Å². The van der Waals surface area contributed by atoms with Crippen molar-refractivity contribution in [1.82, 2.24) is 0 Å². The highest BCUT2D eigenvalue weighted by molar-refractivity contribution is 6.30. The molecular weight excluding hydrogens is 294 g/mol. The first-order chi connectivity index (χ1) is 10.1. The molecule has 0 amide bonds. The first-order valence-corrected chi connectivity index (χ1v) is 6.60. The lowest BCUT2D eigenvalue weighted by Crippen LogP contribution is -2.07. The first-order valence-electron chi connectivity index (χ1n) is 6.23. The van der Waals surface area contributed by atoms with Gasteiger partial charge in [0, 0.05) is 29.1 Å². The van der Waals surface area contributed by atoms with Crippen LogP contribution in [0.5, 0.6) is 5.75 Å². The molecule has 0 spiro atoms. The largest absolute Gasteiger partial charge is 0.486 e. The first kappa shape index (κ1) is 15.0. The van der Waals surface area contributed by atoms with Gasteiger partial charge in [0.1, 0.15) is 0 Å². The Hall–Kier alpha value is -2.40. The standard InChI is InChI=1S/C15H12ClNO4/c16-12-6-7-13(17(19)20)15(10-12)21-9-8-14(18)11-4-2-1-3-5-11/h1-7,10H,8-9H2. The summed E-state index contributed by atoms with van der Waals surface area (Å²) in [7, 11) is 0. The number of ketones is 1. The van der Waals surface area contributed by atoms with Crippen molar-refractivity contribution in [1.29, 1.82) is 0 Å². The minimum absolute atomic E-state index is 0.0505. The van der Waals surface area contributed by atoms with Crippen LogP contribution in [0, 0.1) is 10.1 Å². The summed E-state index contributed by atoms with van der Waals surface area (Å²) in [5.74, 6) is -0.0198. The zero-order valence-corrected chi connectivity index (χ0v) is 11.7. The number of hydrogen-bond donors (Lipinski definition) is 0. The van der Waals surface area contributed by atoms with Gasteiger partial charge in [-0.1, -0.05) is 41.9 Å². The zero-order valence-electron chi connectivity index (χ0n) is 11.0. The van der Waals surface area contributed by atoms with E-state index in [0.29, 0.717) is 10.6 Å². The van der Waals surface area contributed by atoms with Gasteiger partial charge in [0.05, 0.1) is 11.5 Å². The monoisotopic (exact) mass is 305 g/mol. The van der Waals surface area contributed by atoms with E-state index in [1.54, 1.807) is 24.3 Å². The summed E-state index contributed by atoms with van der Waals surface area (Å²) in [5.41, 5.74) is 0.410. The van der Waals surface area contributed by atoms with Crippen molar-refractivity contribution >= 4 is 23.1 Å². The number of nitrogens with zero attached hydrogens (tertiary/aromatic N) is 1. The molecule has 0 aliphatic heterocycles. The van der Waals surface area contributed by atoms with Gasteiger partial charge in [-0.2, -0.15) is 0 Å². The molecule has 0 aliphatic rings. The van der Waals surface area contributed by atoms with Crippen LogP contribution in [-0.2, 0) is 0 Å². The van der Waals surface area contributed by atoms with Crippen molar-refractivity contribution in [3.63, 3.8) is 0 Å². The Kier molecular flexibility index (Phi) is 4.90. The molecule has 0 fully saturated rings. The van der Waals surface area contributed by atoms with Gasteiger partial charge < -0.3 is 4.74 Å². The SMILES string of the molecule is O=C(CCOc1cc(Cl)ccc1[N+](=O)[O-])c1ccccc1. The number of nitro benzene ring substituents is 1. The Balaban J connectivity index is 1.99. The predicted octanol–water partition coefficient (Wildman–Crippen LogP) is 3.90. The van der Waals surface area contributed by atoms with E-state index in [0.717, 1.165) is 0 Å². The predicted molar refractivity (Wildman–Crippen MR) is 79.0 cm³/mol. The Labute approximate surface area is 126 Å². The number of benzene rings is 2. The van der Waals surface area contributed by atoms with E-state index in [2.05, 4.69) is 0 Å². The number of carbonyl (C=O) groups is 1. The number of ether oxygens (including phenoxy) is 1. The van der Waals surface area contributed by atoms with E-state index >= 15 is 0 Å².